The third kappa shape index (κ3) is 6.29. The van der Waals surface area contributed by atoms with E-state index in [1.54, 1.807) is 0 Å². The van der Waals surface area contributed by atoms with Crippen LogP contribution >= 0.6 is 11.6 Å². The Morgan fingerprint density at radius 1 is 1.20 bits per heavy atom. The van der Waals surface area contributed by atoms with E-state index < -0.39 is 0 Å². The second-order valence-corrected chi connectivity index (χ2v) is 5.42. The zero-order valence-electron chi connectivity index (χ0n) is 12.5. The molecule has 0 aliphatic carbocycles. The van der Waals surface area contributed by atoms with Gasteiger partial charge in [-0.3, -0.25) is 0 Å². The molecule has 20 heavy (non-hydrogen) atoms. The summed E-state index contributed by atoms with van der Waals surface area (Å²) in [4.78, 5) is 14.1. The average molecular weight is 297 g/mol. The van der Waals surface area contributed by atoms with E-state index in [0.717, 1.165) is 44.3 Å². The Balaban J connectivity index is 2.47. The Hall–Kier alpha value is -1.22. The van der Waals surface area contributed by atoms with E-state index in [1.165, 1.54) is 0 Å². The van der Waals surface area contributed by atoms with Gasteiger partial charge < -0.3 is 10.2 Å². The molecule has 1 N–H and O–H groups in total. The summed E-state index contributed by atoms with van der Waals surface area (Å²) in [5.41, 5.74) is 1.02. The van der Waals surface area contributed by atoms with Crippen LogP contribution in [-0.4, -0.2) is 24.0 Å². The highest BCUT2D eigenvalue weighted by Crippen LogP contribution is 2.10. The molecule has 0 bridgehead atoms. The summed E-state index contributed by atoms with van der Waals surface area (Å²) in [6.45, 7) is 6.47. The van der Waals surface area contributed by atoms with Gasteiger partial charge in [-0.2, -0.15) is 0 Å². The van der Waals surface area contributed by atoms with Gasteiger partial charge in [0.25, 0.3) is 0 Å². The molecule has 0 heterocycles. The maximum atomic E-state index is 12.2. The minimum atomic E-state index is 0.0203. The maximum Gasteiger partial charge on any atom is 0.317 e. The summed E-state index contributed by atoms with van der Waals surface area (Å²) < 4.78 is 0. The maximum absolute atomic E-state index is 12.2. The number of hydrogen-bond acceptors (Lipinski definition) is 1. The number of amides is 2. The molecule has 0 aliphatic rings. The number of benzene rings is 1. The van der Waals surface area contributed by atoms with Crippen LogP contribution in [0.25, 0.3) is 0 Å². The molecule has 0 saturated heterocycles. The minimum absolute atomic E-state index is 0.0203. The van der Waals surface area contributed by atoms with Crippen molar-refractivity contribution < 1.29 is 4.79 Å². The van der Waals surface area contributed by atoms with E-state index in [2.05, 4.69) is 19.2 Å². The summed E-state index contributed by atoms with van der Waals surface area (Å²) in [6, 6.07) is 7.60. The molecule has 112 valence electrons. The Morgan fingerprint density at radius 3 is 2.40 bits per heavy atom. The van der Waals surface area contributed by atoms with Crippen LogP contribution in [0.5, 0.6) is 0 Å². The Labute approximate surface area is 127 Å². The van der Waals surface area contributed by atoms with Crippen molar-refractivity contribution in [2.45, 2.75) is 46.1 Å². The lowest BCUT2D eigenvalue weighted by Crippen LogP contribution is -2.40. The first-order valence-electron chi connectivity index (χ1n) is 7.44. The summed E-state index contributed by atoms with van der Waals surface area (Å²) in [5.74, 6) is 0. The van der Waals surface area contributed by atoms with Crippen LogP contribution in [0.3, 0.4) is 0 Å². The van der Waals surface area contributed by atoms with Crippen LogP contribution in [0, 0.1) is 0 Å². The number of nitrogens with one attached hydrogen (secondary N) is 1. The number of nitrogens with zero attached hydrogens (tertiary/aromatic N) is 1. The van der Waals surface area contributed by atoms with Crippen LogP contribution in [0.4, 0.5) is 4.79 Å². The van der Waals surface area contributed by atoms with Crippen molar-refractivity contribution in [1.29, 1.82) is 0 Å². The second-order valence-electron chi connectivity index (χ2n) is 4.98. The third-order valence-electron chi connectivity index (χ3n) is 3.18. The molecule has 4 heteroatoms. The van der Waals surface area contributed by atoms with Gasteiger partial charge in [-0.25, -0.2) is 4.79 Å². The molecule has 1 rings (SSSR count). The molecule has 0 saturated carbocycles. The summed E-state index contributed by atoms with van der Waals surface area (Å²) in [6.07, 6.45) is 4.30. The van der Waals surface area contributed by atoms with Gasteiger partial charge in [-0.15, -0.1) is 0 Å². The largest absolute Gasteiger partial charge is 0.334 e. The lowest BCUT2D eigenvalue weighted by atomic mass is 10.2. The van der Waals surface area contributed by atoms with Gasteiger partial charge in [0.2, 0.25) is 0 Å². The summed E-state index contributed by atoms with van der Waals surface area (Å²) in [5, 5.41) is 3.67. The summed E-state index contributed by atoms with van der Waals surface area (Å²) in [7, 11) is 0. The zero-order valence-corrected chi connectivity index (χ0v) is 13.2. The van der Waals surface area contributed by atoms with E-state index in [-0.39, 0.29) is 6.03 Å². The number of urea groups is 1. The number of hydrogen-bond donors (Lipinski definition) is 1. The third-order valence-corrected chi connectivity index (χ3v) is 3.42. The predicted octanol–water partition coefficient (Wildman–Crippen LogP) is 4.45. The van der Waals surface area contributed by atoms with Crippen LogP contribution in [0.15, 0.2) is 24.3 Å². The van der Waals surface area contributed by atoms with E-state index in [9.17, 15) is 4.79 Å². The highest BCUT2D eigenvalue weighted by Gasteiger charge is 2.11. The van der Waals surface area contributed by atoms with Gasteiger partial charge >= 0.3 is 6.03 Å². The molecule has 0 radical (unpaired) electrons. The Kier molecular flexibility index (Phi) is 8.12. The van der Waals surface area contributed by atoms with Gasteiger partial charge in [-0.05, 0) is 30.5 Å². The fourth-order valence-corrected chi connectivity index (χ4v) is 2.16. The van der Waals surface area contributed by atoms with Crippen LogP contribution in [0.2, 0.25) is 5.02 Å². The molecule has 0 spiro atoms. The number of rotatable bonds is 8. The molecule has 0 aliphatic heterocycles. The SMILES string of the molecule is CCCCN(CCCC)C(=O)NCc1cccc(Cl)c1. The first-order chi connectivity index (χ1) is 9.67. The molecule has 1 aromatic carbocycles. The molecule has 3 nitrogen and oxygen atoms in total. The molecular weight excluding hydrogens is 272 g/mol. The van der Waals surface area contributed by atoms with Crippen molar-refractivity contribution in [3.63, 3.8) is 0 Å². The Morgan fingerprint density at radius 2 is 1.85 bits per heavy atom. The van der Waals surface area contributed by atoms with Crippen LogP contribution < -0.4 is 5.32 Å². The Bertz CT molecular complexity index is 401. The zero-order chi connectivity index (χ0) is 14.8. The van der Waals surface area contributed by atoms with Gasteiger partial charge in [0.15, 0.2) is 0 Å². The molecule has 0 fully saturated rings. The van der Waals surface area contributed by atoms with Gasteiger partial charge in [0.05, 0.1) is 0 Å². The molecule has 1 aromatic rings. The van der Waals surface area contributed by atoms with Crippen molar-refractivity contribution in [2.75, 3.05) is 13.1 Å². The van der Waals surface area contributed by atoms with Crippen molar-refractivity contribution in [3.8, 4) is 0 Å². The van der Waals surface area contributed by atoms with Crippen molar-refractivity contribution in [2.24, 2.45) is 0 Å². The first kappa shape index (κ1) is 16.8. The number of carbonyl (C=O) groups excluding carboxylic acids is 1. The van der Waals surface area contributed by atoms with Crippen molar-refractivity contribution in [3.05, 3.63) is 34.9 Å². The highest BCUT2D eigenvalue weighted by atomic mass is 35.5. The highest BCUT2D eigenvalue weighted by molar-refractivity contribution is 6.30. The predicted molar refractivity (Wildman–Crippen MR) is 85.1 cm³/mol. The normalized spacial score (nSPS) is 10.3. The van der Waals surface area contributed by atoms with Crippen LogP contribution in [0.1, 0.15) is 45.1 Å². The molecule has 0 unspecified atom stereocenters. The van der Waals surface area contributed by atoms with Crippen molar-refractivity contribution >= 4 is 17.6 Å². The smallest absolute Gasteiger partial charge is 0.317 e. The molecule has 0 aromatic heterocycles. The van der Waals surface area contributed by atoms with Gasteiger partial charge in [0.1, 0.15) is 0 Å². The number of carbonyl (C=O) groups is 1. The number of unbranched alkanes of at least 4 members (excludes halogenated alkanes) is 2. The van der Waals surface area contributed by atoms with E-state index >= 15 is 0 Å². The molecule has 2 amide bonds. The quantitative estimate of drug-likeness (QED) is 0.755. The van der Waals surface area contributed by atoms with Gasteiger partial charge in [-0.1, -0.05) is 50.4 Å². The second kappa shape index (κ2) is 9.65. The lowest BCUT2D eigenvalue weighted by Gasteiger charge is -2.22. The van der Waals surface area contributed by atoms with Crippen molar-refractivity contribution in [1.82, 2.24) is 10.2 Å². The minimum Gasteiger partial charge on any atom is -0.334 e. The average Bonchev–Trinajstić information content (AvgIpc) is 2.45. The number of halogens is 1. The lowest BCUT2D eigenvalue weighted by molar-refractivity contribution is 0.195. The van der Waals surface area contributed by atoms with E-state index in [1.807, 2.05) is 29.2 Å². The van der Waals surface area contributed by atoms with Gasteiger partial charge in [0, 0.05) is 24.7 Å². The first-order valence-corrected chi connectivity index (χ1v) is 7.82. The summed E-state index contributed by atoms with van der Waals surface area (Å²) >= 11 is 5.94. The molecular formula is C16H25ClN2O. The van der Waals surface area contributed by atoms with E-state index in [4.69, 9.17) is 11.6 Å². The standard InChI is InChI=1S/C16H25ClN2O/c1-3-5-10-19(11-6-4-2)16(20)18-13-14-8-7-9-15(17)12-14/h7-9,12H,3-6,10-11,13H2,1-2H3,(H,18,20). The van der Waals surface area contributed by atoms with E-state index in [0.29, 0.717) is 11.6 Å². The topological polar surface area (TPSA) is 32.3 Å². The fraction of sp³-hybridized carbons (Fsp3) is 0.562. The monoisotopic (exact) mass is 296 g/mol. The molecule has 0 atom stereocenters. The fourth-order valence-electron chi connectivity index (χ4n) is 1.95. The van der Waals surface area contributed by atoms with Crippen LogP contribution in [-0.2, 0) is 6.54 Å².